The van der Waals surface area contributed by atoms with Crippen molar-refractivity contribution in [2.24, 2.45) is 0 Å². The van der Waals surface area contributed by atoms with Gasteiger partial charge in [-0.25, -0.2) is 17.9 Å². The Hall–Kier alpha value is -1.05. The van der Waals surface area contributed by atoms with Gasteiger partial charge in [0.2, 0.25) is 10.0 Å². The molecule has 0 radical (unpaired) electrons. The topological polar surface area (TPSA) is 83.5 Å². The summed E-state index contributed by atoms with van der Waals surface area (Å²) in [5, 5.41) is 9.16. The van der Waals surface area contributed by atoms with E-state index in [1.165, 1.54) is 24.3 Å². The van der Waals surface area contributed by atoms with E-state index in [2.05, 4.69) is 4.72 Å². The lowest BCUT2D eigenvalue weighted by atomic mass is 10.1. The zero-order chi connectivity index (χ0) is 14.6. The maximum Gasteiger partial charge on any atom is 0.335 e. The van der Waals surface area contributed by atoms with Gasteiger partial charge in [-0.2, -0.15) is 11.8 Å². The first-order valence-electron chi connectivity index (χ1n) is 6.37. The fourth-order valence-corrected chi connectivity index (χ4v) is 4.53. The number of carbonyl (C=O) groups is 1. The smallest absolute Gasteiger partial charge is 0.335 e. The van der Waals surface area contributed by atoms with Gasteiger partial charge in [-0.15, -0.1) is 0 Å². The van der Waals surface area contributed by atoms with Crippen molar-refractivity contribution in [2.45, 2.75) is 23.8 Å². The molecule has 5 nitrogen and oxygen atoms in total. The molecule has 0 bridgehead atoms. The zero-order valence-electron chi connectivity index (χ0n) is 10.9. The second kappa shape index (κ2) is 6.60. The van der Waals surface area contributed by atoms with Gasteiger partial charge >= 0.3 is 5.97 Å². The van der Waals surface area contributed by atoms with Crippen molar-refractivity contribution in [1.29, 1.82) is 0 Å². The van der Waals surface area contributed by atoms with Crippen LogP contribution in [0.2, 0.25) is 0 Å². The van der Waals surface area contributed by atoms with Crippen LogP contribution in [-0.4, -0.2) is 37.0 Å². The Morgan fingerprint density at radius 2 is 2.05 bits per heavy atom. The average Bonchev–Trinajstić information content (AvgIpc) is 2.90. The number of aromatic carboxylic acids is 1. The summed E-state index contributed by atoms with van der Waals surface area (Å²) in [6.07, 6.45) is 2.20. The van der Waals surface area contributed by atoms with Crippen LogP contribution in [0.4, 0.5) is 0 Å². The summed E-state index contributed by atoms with van der Waals surface area (Å²) >= 11 is 1.80. The minimum atomic E-state index is -3.37. The molecular formula is C13H17NO4S2. The third-order valence-corrected chi connectivity index (χ3v) is 5.83. The van der Waals surface area contributed by atoms with Gasteiger partial charge in [-0.3, -0.25) is 0 Å². The average molecular weight is 315 g/mol. The van der Waals surface area contributed by atoms with E-state index >= 15 is 0 Å². The van der Waals surface area contributed by atoms with Gasteiger partial charge in [-0.05, 0) is 36.3 Å². The molecule has 0 amide bonds. The fourth-order valence-electron chi connectivity index (χ4n) is 2.04. The summed E-state index contributed by atoms with van der Waals surface area (Å²) in [4.78, 5) is 10.7. The largest absolute Gasteiger partial charge is 0.478 e. The molecule has 1 aromatic carbocycles. The molecule has 0 aromatic heterocycles. The van der Waals surface area contributed by atoms with Crippen LogP contribution in [0, 0.1) is 0 Å². The summed E-state index contributed by atoms with van der Waals surface area (Å²) in [5.74, 6) is -0.0383. The molecule has 7 heteroatoms. The van der Waals surface area contributed by atoms with Crippen molar-refractivity contribution < 1.29 is 18.3 Å². The Balaban J connectivity index is 1.91. The lowest BCUT2D eigenvalue weighted by Gasteiger charge is -2.11. The molecule has 110 valence electrons. The SMILES string of the molecule is O=C(O)c1ccc(CS(=O)(=O)NCC2CCCS2)cc1. The molecule has 1 aliphatic rings. The molecule has 1 unspecified atom stereocenters. The molecule has 1 atom stereocenters. The molecule has 0 spiro atoms. The van der Waals surface area contributed by atoms with E-state index < -0.39 is 16.0 Å². The van der Waals surface area contributed by atoms with E-state index in [4.69, 9.17) is 5.11 Å². The Labute approximate surface area is 122 Å². The van der Waals surface area contributed by atoms with Gasteiger partial charge in [0.1, 0.15) is 0 Å². The molecule has 0 aliphatic carbocycles. The maximum atomic E-state index is 11.9. The molecule has 1 heterocycles. The molecular weight excluding hydrogens is 298 g/mol. The monoisotopic (exact) mass is 315 g/mol. The third-order valence-electron chi connectivity index (χ3n) is 3.11. The van der Waals surface area contributed by atoms with Gasteiger partial charge in [0.25, 0.3) is 0 Å². The third kappa shape index (κ3) is 4.50. The highest BCUT2D eigenvalue weighted by molar-refractivity contribution is 8.00. The minimum absolute atomic E-state index is 0.121. The van der Waals surface area contributed by atoms with Crippen molar-refractivity contribution in [3.63, 3.8) is 0 Å². The van der Waals surface area contributed by atoms with Gasteiger partial charge in [0, 0.05) is 11.8 Å². The van der Waals surface area contributed by atoms with E-state index in [9.17, 15) is 13.2 Å². The van der Waals surface area contributed by atoms with Gasteiger partial charge in [0.15, 0.2) is 0 Å². The lowest BCUT2D eigenvalue weighted by Crippen LogP contribution is -2.30. The van der Waals surface area contributed by atoms with Crippen molar-refractivity contribution >= 4 is 27.8 Å². The van der Waals surface area contributed by atoms with Crippen LogP contribution in [-0.2, 0) is 15.8 Å². The predicted molar refractivity (Wildman–Crippen MR) is 79.5 cm³/mol. The van der Waals surface area contributed by atoms with Gasteiger partial charge < -0.3 is 5.11 Å². The molecule has 2 N–H and O–H groups in total. The van der Waals surface area contributed by atoms with Crippen LogP contribution in [0.1, 0.15) is 28.8 Å². The van der Waals surface area contributed by atoms with Crippen molar-refractivity contribution in [3.8, 4) is 0 Å². The highest BCUT2D eigenvalue weighted by atomic mass is 32.2. The van der Waals surface area contributed by atoms with Crippen molar-refractivity contribution in [3.05, 3.63) is 35.4 Å². The zero-order valence-corrected chi connectivity index (χ0v) is 12.5. The Kier molecular flexibility index (Phi) is 5.06. The van der Waals surface area contributed by atoms with Gasteiger partial charge in [0.05, 0.1) is 11.3 Å². The molecule has 20 heavy (non-hydrogen) atoms. The molecule has 1 fully saturated rings. The van der Waals surface area contributed by atoms with Crippen molar-refractivity contribution in [2.75, 3.05) is 12.3 Å². The summed E-state index contributed by atoms with van der Waals surface area (Å²) in [5.41, 5.74) is 0.739. The Morgan fingerprint density at radius 1 is 1.35 bits per heavy atom. The number of carboxylic acids is 1. The Morgan fingerprint density at radius 3 is 2.60 bits per heavy atom. The quantitative estimate of drug-likeness (QED) is 0.835. The highest BCUT2D eigenvalue weighted by Gasteiger charge is 2.19. The summed E-state index contributed by atoms with van der Waals surface area (Å²) in [6, 6.07) is 5.90. The number of benzene rings is 1. The normalized spacial score (nSPS) is 19.1. The summed E-state index contributed by atoms with van der Waals surface area (Å²) < 4.78 is 26.5. The summed E-state index contributed by atoms with van der Waals surface area (Å²) in [6.45, 7) is 0.472. The van der Waals surface area contributed by atoms with E-state index in [-0.39, 0.29) is 11.3 Å². The predicted octanol–water partition coefficient (Wildman–Crippen LogP) is 1.70. The van der Waals surface area contributed by atoms with E-state index in [1.54, 1.807) is 11.8 Å². The van der Waals surface area contributed by atoms with Crippen LogP contribution < -0.4 is 4.72 Å². The van der Waals surface area contributed by atoms with E-state index in [0.717, 1.165) is 18.6 Å². The first kappa shape index (κ1) is 15.3. The number of sulfonamides is 1. The summed E-state index contributed by atoms with van der Waals surface area (Å²) in [7, 11) is -3.37. The van der Waals surface area contributed by atoms with Crippen LogP contribution in [0.25, 0.3) is 0 Å². The first-order chi connectivity index (χ1) is 9.46. The van der Waals surface area contributed by atoms with Crippen LogP contribution in [0.15, 0.2) is 24.3 Å². The first-order valence-corrected chi connectivity index (χ1v) is 9.07. The number of hydrogen-bond donors (Lipinski definition) is 2. The standard InChI is InChI=1S/C13H17NO4S2/c15-13(16)11-5-3-10(4-6-11)9-20(17,18)14-8-12-2-1-7-19-12/h3-6,12,14H,1-2,7-9H2,(H,15,16). The number of rotatable bonds is 6. The second-order valence-electron chi connectivity index (χ2n) is 4.74. The van der Waals surface area contributed by atoms with Gasteiger partial charge in [-0.1, -0.05) is 12.1 Å². The minimum Gasteiger partial charge on any atom is -0.478 e. The molecule has 1 aromatic rings. The van der Waals surface area contributed by atoms with Crippen LogP contribution in [0.5, 0.6) is 0 Å². The molecule has 1 saturated heterocycles. The number of hydrogen-bond acceptors (Lipinski definition) is 4. The molecule has 1 aliphatic heterocycles. The Bertz CT molecular complexity index is 563. The van der Waals surface area contributed by atoms with Crippen LogP contribution in [0.3, 0.4) is 0 Å². The molecule has 0 saturated carbocycles. The number of carboxylic acid groups (broad SMARTS) is 1. The van der Waals surface area contributed by atoms with Crippen molar-refractivity contribution in [1.82, 2.24) is 4.72 Å². The number of thioether (sulfide) groups is 1. The highest BCUT2D eigenvalue weighted by Crippen LogP contribution is 2.25. The van der Waals surface area contributed by atoms with E-state index in [0.29, 0.717) is 17.4 Å². The number of nitrogens with one attached hydrogen (secondary N) is 1. The van der Waals surface area contributed by atoms with E-state index in [1.807, 2.05) is 0 Å². The molecule has 2 rings (SSSR count). The second-order valence-corrected chi connectivity index (χ2v) is 7.96. The fraction of sp³-hybridized carbons (Fsp3) is 0.462. The maximum absolute atomic E-state index is 11.9. The van der Waals surface area contributed by atoms with Crippen LogP contribution >= 0.6 is 11.8 Å². The lowest BCUT2D eigenvalue weighted by molar-refractivity contribution is 0.0697.